The molecule has 2 heterocycles. The molecule has 2 aromatic rings. The van der Waals surface area contributed by atoms with Crippen LogP contribution in [-0.4, -0.2) is 35.3 Å². The Labute approximate surface area is 159 Å². The first kappa shape index (κ1) is 17.7. The number of amides is 2. The van der Waals surface area contributed by atoms with E-state index in [2.05, 4.69) is 19.1 Å². The number of nitrogens with zero attached hydrogens (tertiary/aromatic N) is 2. The number of carbonyl (C=O) groups excluding carboxylic acids is 2. The van der Waals surface area contributed by atoms with Gasteiger partial charge in [-0.3, -0.25) is 14.5 Å². The summed E-state index contributed by atoms with van der Waals surface area (Å²) in [5, 5.41) is 0. The lowest BCUT2D eigenvalue weighted by Crippen LogP contribution is -2.54. The summed E-state index contributed by atoms with van der Waals surface area (Å²) in [6, 6.07) is 15.9. The van der Waals surface area contributed by atoms with Crippen molar-refractivity contribution in [2.75, 3.05) is 11.4 Å². The number of primary amides is 1. The van der Waals surface area contributed by atoms with Crippen LogP contribution in [0.25, 0.3) is 0 Å². The number of para-hydroxylation sites is 1. The lowest BCUT2D eigenvalue weighted by Gasteiger charge is -2.39. The molecule has 140 valence electrons. The molecule has 2 N–H and O–H groups in total. The maximum atomic E-state index is 13.3. The van der Waals surface area contributed by atoms with Crippen LogP contribution in [0.3, 0.4) is 0 Å². The predicted molar refractivity (Wildman–Crippen MR) is 105 cm³/mol. The van der Waals surface area contributed by atoms with E-state index in [0.29, 0.717) is 13.0 Å². The van der Waals surface area contributed by atoms with E-state index in [1.807, 2.05) is 46.2 Å². The van der Waals surface area contributed by atoms with Crippen LogP contribution in [0, 0.1) is 0 Å². The third kappa shape index (κ3) is 3.35. The van der Waals surface area contributed by atoms with Gasteiger partial charge in [0.05, 0.1) is 12.6 Å². The quantitative estimate of drug-likeness (QED) is 0.910. The number of carbonyl (C=O) groups is 2. The highest BCUT2D eigenvalue weighted by Gasteiger charge is 2.34. The third-order valence-electron chi connectivity index (χ3n) is 5.80. The Kier molecular flexibility index (Phi) is 4.70. The number of fused-ring (bicyclic) bond motifs is 2. The van der Waals surface area contributed by atoms with E-state index in [1.165, 1.54) is 5.56 Å². The van der Waals surface area contributed by atoms with Gasteiger partial charge in [0, 0.05) is 18.3 Å². The fraction of sp³-hybridized carbons (Fsp3) is 0.364. The van der Waals surface area contributed by atoms with Gasteiger partial charge in [-0.05, 0) is 48.9 Å². The normalized spacial score (nSPS) is 22.0. The Balaban J connectivity index is 1.59. The zero-order valence-electron chi connectivity index (χ0n) is 15.6. The van der Waals surface area contributed by atoms with E-state index < -0.39 is 6.04 Å². The van der Waals surface area contributed by atoms with Gasteiger partial charge in [-0.15, -0.1) is 0 Å². The first-order valence-electron chi connectivity index (χ1n) is 9.54. The topological polar surface area (TPSA) is 66.6 Å². The number of benzene rings is 2. The number of anilines is 1. The molecule has 4 rings (SSSR count). The molecule has 2 amide bonds. The summed E-state index contributed by atoms with van der Waals surface area (Å²) in [5.41, 5.74) is 10.2. The molecule has 2 atom stereocenters. The number of hydrogen-bond acceptors (Lipinski definition) is 3. The fourth-order valence-electron chi connectivity index (χ4n) is 4.34. The van der Waals surface area contributed by atoms with E-state index >= 15 is 0 Å². The van der Waals surface area contributed by atoms with Gasteiger partial charge in [0.2, 0.25) is 11.8 Å². The van der Waals surface area contributed by atoms with Crippen LogP contribution in [0.2, 0.25) is 0 Å². The summed E-state index contributed by atoms with van der Waals surface area (Å²) in [5.74, 6) is -0.343. The second kappa shape index (κ2) is 7.16. The Bertz CT molecular complexity index is 879. The highest BCUT2D eigenvalue weighted by Crippen LogP contribution is 2.31. The highest BCUT2D eigenvalue weighted by atomic mass is 16.2. The lowest BCUT2D eigenvalue weighted by molar-refractivity contribution is -0.126. The number of hydrogen-bond donors (Lipinski definition) is 1. The molecule has 1 unspecified atom stereocenters. The van der Waals surface area contributed by atoms with Crippen LogP contribution < -0.4 is 10.6 Å². The summed E-state index contributed by atoms with van der Waals surface area (Å²) in [4.78, 5) is 29.1. The molecular formula is C22H25N3O2. The number of aryl methyl sites for hydroxylation is 1. The lowest BCUT2D eigenvalue weighted by atomic mass is 9.93. The molecule has 27 heavy (non-hydrogen) atoms. The zero-order chi connectivity index (χ0) is 19.0. The van der Waals surface area contributed by atoms with Gasteiger partial charge in [-0.2, -0.15) is 0 Å². The molecule has 2 aromatic carbocycles. The summed E-state index contributed by atoms with van der Waals surface area (Å²) >= 11 is 0. The summed E-state index contributed by atoms with van der Waals surface area (Å²) in [7, 11) is 0. The Hall–Kier alpha value is -2.66. The van der Waals surface area contributed by atoms with Crippen molar-refractivity contribution in [3.63, 3.8) is 0 Å². The van der Waals surface area contributed by atoms with Crippen LogP contribution in [0.15, 0.2) is 48.5 Å². The molecule has 0 fully saturated rings. The zero-order valence-corrected chi connectivity index (χ0v) is 15.6. The largest absolute Gasteiger partial charge is 0.368 e. The molecule has 0 bridgehead atoms. The molecule has 0 saturated carbocycles. The van der Waals surface area contributed by atoms with Crippen molar-refractivity contribution in [3.05, 3.63) is 65.2 Å². The molecule has 0 aromatic heterocycles. The third-order valence-corrected chi connectivity index (χ3v) is 5.80. The van der Waals surface area contributed by atoms with E-state index in [1.54, 1.807) is 0 Å². The van der Waals surface area contributed by atoms with Crippen LogP contribution in [0.5, 0.6) is 0 Å². The Morgan fingerprint density at radius 2 is 1.70 bits per heavy atom. The van der Waals surface area contributed by atoms with Crippen LogP contribution >= 0.6 is 0 Å². The van der Waals surface area contributed by atoms with Gasteiger partial charge in [0.1, 0.15) is 0 Å². The van der Waals surface area contributed by atoms with Gasteiger partial charge in [-0.25, -0.2) is 0 Å². The van der Waals surface area contributed by atoms with Crippen LogP contribution in [0.1, 0.15) is 30.0 Å². The van der Waals surface area contributed by atoms with Gasteiger partial charge in [0.15, 0.2) is 0 Å². The van der Waals surface area contributed by atoms with Crippen LogP contribution in [-0.2, 0) is 29.0 Å². The van der Waals surface area contributed by atoms with Crippen molar-refractivity contribution < 1.29 is 9.59 Å². The van der Waals surface area contributed by atoms with Gasteiger partial charge < -0.3 is 10.6 Å². The van der Waals surface area contributed by atoms with Crippen molar-refractivity contribution in [1.82, 2.24) is 4.90 Å². The molecule has 0 spiro atoms. The van der Waals surface area contributed by atoms with E-state index in [0.717, 1.165) is 29.7 Å². The van der Waals surface area contributed by atoms with Crippen molar-refractivity contribution >= 4 is 17.5 Å². The molecule has 0 radical (unpaired) electrons. The van der Waals surface area contributed by atoms with Gasteiger partial charge >= 0.3 is 0 Å². The Morgan fingerprint density at radius 3 is 2.44 bits per heavy atom. The molecule has 0 saturated heterocycles. The molecule has 0 aliphatic carbocycles. The standard InChI is InChI=1S/C22H25N3O2/c1-15-10-11-16-6-4-5-9-19(16)25(15)21(26)14-24-13-18-8-3-2-7-17(18)12-20(24)22(23)27/h2-9,15,20H,10-14H2,1H3,(H2,23,27)/t15?,20-/m0/s1. The SMILES string of the molecule is CC1CCc2ccccc2N1C(=O)CN1Cc2ccccc2C[C@H]1C(N)=O. The maximum absolute atomic E-state index is 13.3. The maximum Gasteiger partial charge on any atom is 0.241 e. The summed E-state index contributed by atoms with van der Waals surface area (Å²) in [6.45, 7) is 2.85. The molecular weight excluding hydrogens is 338 g/mol. The van der Waals surface area contributed by atoms with Gasteiger partial charge in [0.25, 0.3) is 0 Å². The minimum absolute atomic E-state index is 0.0280. The highest BCUT2D eigenvalue weighted by molar-refractivity contribution is 5.97. The van der Waals surface area contributed by atoms with Crippen molar-refractivity contribution in [2.45, 2.75) is 44.8 Å². The summed E-state index contributed by atoms with van der Waals surface area (Å²) in [6.07, 6.45) is 2.50. The van der Waals surface area contributed by atoms with E-state index in [4.69, 9.17) is 5.73 Å². The minimum Gasteiger partial charge on any atom is -0.368 e. The molecule has 5 nitrogen and oxygen atoms in total. The fourth-order valence-corrected chi connectivity index (χ4v) is 4.34. The van der Waals surface area contributed by atoms with Crippen molar-refractivity contribution in [1.29, 1.82) is 0 Å². The van der Waals surface area contributed by atoms with Crippen molar-refractivity contribution in [3.8, 4) is 0 Å². The van der Waals surface area contributed by atoms with Gasteiger partial charge in [-0.1, -0.05) is 42.5 Å². The molecule has 5 heteroatoms. The number of nitrogens with two attached hydrogens (primary N) is 1. The van der Waals surface area contributed by atoms with E-state index in [-0.39, 0.29) is 24.4 Å². The van der Waals surface area contributed by atoms with E-state index in [9.17, 15) is 9.59 Å². The second-order valence-corrected chi connectivity index (χ2v) is 7.58. The average molecular weight is 363 g/mol. The van der Waals surface area contributed by atoms with Crippen LogP contribution in [0.4, 0.5) is 5.69 Å². The number of rotatable bonds is 3. The second-order valence-electron chi connectivity index (χ2n) is 7.58. The molecule has 2 aliphatic rings. The predicted octanol–water partition coefficient (Wildman–Crippen LogP) is 2.27. The first-order chi connectivity index (χ1) is 13.0. The monoisotopic (exact) mass is 363 g/mol. The first-order valence-corrected chi connectivity index (χ1v) is 9.54. The molecule has 2 aliphatic heterocycles. The smallest absolute Gasteiger partial charge is 0.241 e. The Morgan fingerprint density at radius 1 is 1.04 bits per heavy atom. The minimum atomic E-state index is -0.445. The average Bonchev–Trinajstić information content (AvgIpc) is 2.67. The summed E-state index contributed by atoms with van der Waals surface area (Å²) < 4.78 is 0. The van der Waals surface area contributed by atoms with Crippen molar-refractivity contribution in [2.24, 2.45) is 5.73 Å².